The van der Waals surface area contributed by atoms with Crippen LogP contribution >= 0.6 is 23.2 Å². The first-order valence-corrected chi connectivity index (χ1v) is 11.4. The number of guanidine groups is 4. The first kappa shape index (κ1) is 33.7. The fourth-order valence-corrected chi connectivity index (χ4v) is 2.95. The van der Waals surface area contributed by atoms with Crippen molar-refractivity contribution in [3.63, 3.8) is 0 Å². The molecule has 0 aliphatic carbocycles. The minimum atomic E-state index is 0. The van der Waals surface area contributed by atoms with Crippen LogP contribution in [-0.2, 0) is 0 Å². The van der Waals surface area contributed by atoms with Crippen molar-refractivity contribution >= 4 is 96.2 Å². The van der Waals surface area contributed by atoms with Gasteiger partial charge in [0.2, 0.25) is 23.8 Å². The molecular formula is C22H30CaCl2FN10+. The minimum absolute atomic E-state index is 0. The average Bonchev–Trinajstić information content (AvgIpc) is 2.78. The number of nitrogens with two attached hydrogens (primary N) is 4. The summed E-state index contributed by atoms with van der Waals surface area (Å²) >= 11 is 11.7. The van der Waals surface area contributed by atoms with E-state index in [0.29, 0.717) is 23.1 Å². The molecule has 0 aliphatic heterocycles. The molecule has 0 amide bonds. The summed E-state index contributed by atoms with van der Waals surface area (Å²) in [5.41, 5.74) is 24.8. The molecule has 2 aromatic rings. The van der Waals surface area contributed by atoms with E-state index in [9.17, 15) is 0 Å². The predicted molar refractivity (Wildman–Crippen MR) is 151 cm³/mol. The number of rotatable bonds is 9. The number of unbranched alkanes of at least 4 members (excludes halogenated alkanes) is 3. The van der Waals surface area contributed by atoms with Crippen LogP contribution in [0.25, 0.3) is 0 Å². The third kappa shape index (κ3) is 14.9. The van der Waals surface area contributed by atoms with Crippen LogP contribution in [0.4, 0.5) is 11.4 Å². The number of aliphatic imine (C=N–C) groups is 4. The zero-order chi connectivity index (χ0) is 24.8. The number of anilines is 2. The second-order valence-electron chi connectivity index (χ2n) is 7.15. The second-order valence-corrected chi connectivity index (χ2v) is 8.02. The molecule has 14 heteroatoms. The molecule has 10 N–H and O–H groups in total. The van der Waals surface area contributed by atoms with Gasteiger partial charge in [-0.15, -0.1) is 0 Å². The topological polar surface area (TPSA) is 178 Å². The molecule has 0 fully saturated rings. The Hall–Kier alpha value is -2.31. The number of halogens is 3. The fraction of sp³-hybridized carbons (Fsp3) is 0.273. The molecule has 10 nitrogen and oxygen atoms in total. The van der Waals surface area contributed by atoms with Gasteiger partial charge in [0.15, 0.2) is 0 Å². The molecular weight excluding hydrogens is 534 g/mol. The molecule has 0 saturated heterocycles. The SMILES string of the molecule is NC(=NCCCCCCN=C(N)/N=C(\N)Nc1ccc(Cl)cc1)/N=C(\N)Nc1ccc(Cl)cc1.[Ca+2].[F-]. The maximum atomic E-state index is 5.85. The summed E-state index contributed by atoms with van der Waals surface area (Å²) in [4.78, 5) is 16.5. The average molecular weight is 565 g/mol. The van der Waals surface area contributed by atoms with E-state index in [1.54, 1.807) is 48.5 Å². The van der Waals surface area contributed by atoms with E-state index < -0.39 is 0 Å². The van der Waals surface area contributed by atoms with Gasteiger partial charge >= 0.3 is 37.7 Å². The molecule has 0 aromatic heterocycles. The number of benzene rings is 2. The summed E-state index contributed by atoms with van der Waals surface area (Å²) in [5, 5.41) is 7.11. The Kier molecular flexibility index (Phi) is 17.7. The first-order valence-electron chi connectivity index (χ1n) is 10.6. The van der Waals surface area contributed by atoms with E-state index in [1.165, 1.54) is 0 Å². The van der Waals surface area contributed by atoms with Gasteiger partial charge in [-0.05, 0) is 61.4 Å². The number of hydrogen-bond acceptors (Lipinski definition) is 2. The molecule has 36 heavy (non-hydrogen) atoms. The molecule has 0 radical (unpaired) electrons. The van der Waals surface area contributed by atoms with Crippen LogP contribution in [-0.4, -0.2) is 74.7 Å². The maximum absolute atomic E-state index is 5.85. The van der Waals surface area contributed by atoms with Crippen LogP contribution in [0.15, 0.2) is 68.5 Å². The van der Waals surface area contributed by atoms with Gasteiger partial charge in [0.1, 0.15) is 0 Å². The van der Waals surface area contributed by atoms with Gasteiger partial charge in [-0.2, -0.15) is 9.98 Å². The van der Waals surface area contributed by atoms with E-state index in [2.05, 4.69) is 30.6 Å². The van der Waals surface area contributed by atoms with E-state index in [0.717, 1.165) is 37.1 Å². The first-order chi connectivity index (χ1) is 16.3. The van der Waals surface area contributed by atoms with Crippen molar-refractivity contribution in [3.05, 3.63) is 58.6 Å². The van der Waals surface area contributed by atoms with Crippen molar-refractivity contribution in [1.29, 1.82) is 0 Å². The Balaban J connectivity index is 0.00000612. The Labute approximate surface area is 250 Å². The zero-order valence-corrected chi connectivity index (χ0v) is 23.5. The van der Waals surface area contributed by atoms with Crippen molar-refractivity contribution in [2.75, 3.05) is 23.7 Å². The Morgan fingerprint density at radius 3 is 1.28 bits per heavy atom. The Morgan fingerprint density at radius 1 is 0.611 bits per heavy atom. The number of nitrogens with one attached hydrogen (secondary N) is 2. The molecule has 0 unspecified atom stereocenters. The summed E-state index contributed by atoms with van der Waals surface area (Å²) in [6.07, 6.45) is 3.68. The van der Waals surface area contributed by atoms with Crippen LogP contribution < -0.4 is 38.3 Å². The smallest absolute Gasteiger partial charge is 1.00 e. The van der Waals surface area contributed by atoms with Gasteiger partial charge in [0, 0.05) is 34.5 Å². The van der Waals surface area contributed by atoms with Crippen molar-refractivity contribution in [2.45, 2.75) is 25.7 Å². The van der Waals surface area contributed by atoms with Gasteiger partial charge < -0.3 is 38.3 Å². The standard InChI is InChI=1S/C22H30Cl2N10.Ca.FH/c23-15-5-9-17(10-6-15)31-21(27)33-19(25)29-13-3-1-2-4-14-30-20(26)34-22(28)32-18-11-7-16(24)8-12-18;;/h5-12H,1-4,13-14H2,(H5,25,27,29,31,33)(H5,26,28,30,32,34);;1H/q;+2;/p-1. The van der Waals surface area contributed by atoms with Crippen molar-refractivity contribution in [1.82, 2.24) is 0 Å². The van der Waals surface area contributed by atoms with Crippen LogP contribution in [0, 0.1) is 0 Å². The summed E-state index contributed by atoms with van der Waals surface area (Å²) in [7, 11) is 0. The molecule has 2 aromatic carbocycles. The summed E-state index contributed by atoms with van der Waals surface area (Å²) in [5.74, 6) is 0.564. The Bertz CT molecular complexity index is 945. The third-order valence-electron chi connectivity index (χ3n) is 4.32. The quantitative estimate of drug-likeness (QED) is 0.108. The second kappa shape index (κ2) is 18.9. The molecule has 190 valence electrons. The maximum Gasteiger partial charge on any atom is 2.00 e. The molecule has 0 atom stereocenters. The van der Waals surface area contributed by atoms with Crippen molar-refractivity contribution < 1.29 is 4.70 Å². The van der Waals surface area contributed by atoms with Gasteiger partial charge in [-0.1, -0.05) is 36.0 Å². The molecule has 0 bridgehead atoms. The molecule has 0 heterocycles. The summed E-state index contributed by atoms with van der Waals surface area (Å²) < 4.78 is 0. The van der Waals surface area contributed by atoms with Gasteiger partial charge in [0.05, 0.1) is 0 Å². The molecule has 0 spiro atoms. The van der Waals surface area contributed by atoms with E-state index in [1.807, 2.05) is 0 Å². The van der Waals surface area contributed by atoms with Crippen LogP contribution in [0.2, 0.25) is 10.0 Å². The van der Waals surface area contributed by atoms with Crippen molar-refractivity contribution in [3.8, 4) is 0 Å². The van der Waals surface area contributed by atoms with Crippen LogP contribution in [0.1, 0.15) is 25.7 Å². The van der Waals surface area contributed by atoms with Crippen LogP contribution in [0.3, 0.4) is 0 Å². The largest absolute Gasteiger partial charge is 2.00 e. The molecule has 2 rings (SSSR count). The van der Waals surface area contributed by atoms with E-state index in [4.69, 9.17) is 46.1 Å². The van der Waals surface area contributed by atoms with Crippen LogP contribution in [0.5, 0.6) is 0 Å². The van der Waals surface area contributed by atoms with Gasteiger partial charge in [-0.25, -0.2) is 0 Å². The third-order valence-corrected chi connectivity index (χ3v) is 4.82. The number of nitrogens with zero attached hydrogens (tertiary/aromatic N) is 4. The normalized spacial score (nSPS) is 12.4. The van der Waals surface area contributed by atoms with E-state index in [-0.39, 0.29) is 66.3 Å². The minimum Gasteiger partial charge on any atom is -1.00 e. The van der Waals surface area contributed by atoms with Gasteiger partial charge in [-0.3, -0.25) is 9.98 Å². The summed E-state index contributed by atoms with van der Waals surface area (Å²) in [6, 6.07) is 14.1. The van der Waals surface area contributed by atoms with Crippen molar-refractivity contribution in [2.24, 2.45) is 42.9 Å². The molecule has 0 saturated carbocycles. The monoisotopic (exact) mass is 563 g/mol. The Morgan fingerprint density at radius 2 is 0.944 bits per heavy atom. The predicted octanol–water partition coefficient (Wildman–Crippen LogP) is -0.0402. The molecule has 0 aliphatic rings. The zero-order valence-electron chi connectivity index (χ0n) is 19.8. The number of hydrogen-bond donors (Lipinski definition) is 6. The van der Waals surface area contributed by atoms with Gasteiger partial charge in [0.25, 0.3) is 0 Å². The fourth-order valence-electron chi connectivity index (χ4n) is 2.70. The van der Waals surface area contributed by atoms with E-state index >= 15 is 0 Å². The summed E-state index contributed by atoms with van der Waals surface area (Å²) in [6.45, 7) is 1.12.